The summed E-state index contributed by atoms with van der Waals surface area (Å²) in [7, 11) is 0. The predicted octanol–water partition coefficient (Wildman–Crippen LogP) is 14.4. The largest absolute Gasteiger partial charge is 0.493 e. The molecule has 1 atom stereocenters. The molecular formula is C92H177N15O8. The van der Waals surface area contributed by atoms with Gasteiger partial charge < -0.3 is 93.8 Å². The molecular weight excluding hydrogens is 1440 g/mol. The van der Waals surface area contributed by atoms with E-state index in [4.69, 9.17) is 68.3 Å². The molecule has 23 nitrogen and oxygen atoms in total. The number of hydrogen-bond donors (Lipinski definition) is 13. The van der Waals surface area contributed by atoms with Crippen LogP contribution < -0.4 is 59.8 Å². The number of amides is 1. The maximum atomic E-state index is 11.3. The minimum Gasteiger partial charge on any atom is -0.493 e. The molecule has 23 heteroatoms. The van der Waals surface area contributed by atoms with Crippen molar-refractivity contribution < 1.29 is 38.7 Å². The van der Waals surface area contributed by atoms with E-state index in [0.29, 0.717) is 110 Å². The Kier molecular flexibility index (Phi) is 68.4. The normalized spacial score (nSPS) is 17.2. The van der Waals surface area contributed by atoms with Gasteiger partial charge in [0.2, 0.25) is 5.91 Å². The van der Waals surface area contributed by atoms with Crippen LogP contribution in [0, 0.1) is 82.3 Å². The zero-order valence-electron chi connectivity index (χ0n) is 76.8. The minimum atomic E-state index is -0.501. The minimum absolute atomic E-state index is 0.0740. The standard InChI is InChI=1S/C12H19NO.C11H21NO.C11H17NO.C10H16N2O.C9H19NO.C7H12N2.C7H17NO2.C7H14.C6H11N3.C6H16N2.C6H15NO/c1-10(2)9-14-12-5-3-11(4-6-12)7-8-13;1-8(2)7-13-10-5-11(6-10)3-9(12)4-11;1-9(2)8-13-11-5-3-4-10(6-11)7-12;1-9(2)7-11-10(13)8-12-5-3-4-6-12;1-7(2)6-11-9-3-8(4-9)5-10;1-6(2)3-7-4-8-5-9-7;1-6(2)4-10-5-7(9)3-8;1-6(2)7-4-3-5-7;1-5(2)3-6-4-7-9-8-6;1-6(2)5-8-4-3-7;1-6(2)5-7-3-4-8/h3-6,10H,7-9,13H2,1-2H3;8-10H,3-7,12H2,1-2H3;3-6,9H,7-8,12H2,1-2H3;3-6,9H,7-8H2,1-2H3,(H,11,13);7-9H,3-6,10H2,1-2H3;4-6H,3H2,1-2H3,(H,8,9);6-7,9H,3-5,8H2,1-2H3;6-7H,3-5H2,1-2H3;4-5H,3H2,1-2H3,(H,7,8,9);6,8H,3-5,7H2,1-2H3;6-8H,3-5H2,1-2H3. The van der Waals surface area contributed by atoms with E-state index in [-0.39, 0.29) is 19.1 Å². The van der Waals surface area contributed by atoms with Gasteiger partial charge in [-0.3, -0.25) is 4.79 Å². The molecule has 668 valence electrons. The quantitative estimate of drug-likeness (QED) is 0.0163. The first kappa shape index (κ1) is 112. The van der Waals surface area contributed by atoms with Crippen molar-refractivity contribution in [2.45, 2.75) is 267 Å². The summed E-state index contributed by atoms with van der Waals surface area (Å²) in [6.45, 7) is 60.3. The van der Waals surface area contributed by atoms with E-state index in [2.05, 4.69) is 206 Å². The molecule has 2 aromatic carbocycles. The lowest BCUT2D eigenvalue weighted by Gasteiger charge is -2.56. The van der Waals surface area contributed by atoms with Crippen molar-refractivity contribution in [2.24, 2.45) is 117 Å². The molecule has 9 rings (SSSR count). The maximum absolute atomic E-state index is 11.3. The molecule has 4 fully saturated rings. The average molecular weight is 1620 g/mol. The lowest BCUT2D eigenvalue weighted by atomic mass is 9.53. The Bertz CT molecular complexity index is 2800. The third kappa shape index (κ3) is 67.1. The average Bonchev–Trinajstić information content (AvgIpc) is 1.47. The summed E-state index contributed by atoms with van der Waals surface area (Å²) >= 11 is 0. The molecule has 4 saturated carbocycles. The molecule has 115 heavy (non-hydrogen) atoms. The number of nitrogens with one attached hydrogen (secondary N) is 5. The van der Waals surface area contributed by atoms with Crippen LogP contribution in [-0.2, 0) is 51.4 Å². The first-order chi connectivity index (χ1) is 54.5. The van der Waals surface area contributed by atoms with E-state index < -0.39 is 6.10 Å². The van der Waals surface area contributed by atoms with Crippen molar-refractivity contribution in [3.63, 3.8) is 0 Å². The fraction of sp³-hybridized carbons (Fsp3) is 0.761. The van der Waals surface area contributed by atoms with Crippen LogP contribution in [0.25, 0.3) is 0 Å². The molecule has 19 N–H and O–H groups in total. The van der Waals surface area contributed by atoms with E-state index in [1.54, 1.807) is 12.5 Å². The van der Waals surface area contributed by atoms with Gasteiger partial charge >= 0.3 is 0 Å². The summed E-state index contributed by atoms with van der Waals surface area (Å²) in [5, 5.41) is 36.6. The van der Waals surface area contributed by atoms with Crippen LogP contribution >= 0.6 is 0 Å². The van der Waals surface area contributed by atoms with E-state index in [0.717, 1.165) is 138 Å². The molecule has 4 aliphatic rings. The van der Waals surface area contributed by atoms with Crippen LogP contribution in [0.1, 0.15) is 233 Å². The molecule has 3 heterocycles. The Morgan fingerprint density at radius 3 is 1.56 bits per heavy atom. The second-order valence-corrected chi connectivity index (χ2v) is 36.0. The second kappa shape index (κ2) is 70.5. The summed E-state index contributed by atoms with van der Waals surface area (Å²) in [6, 6.07) is 20.4. The number of rotatable bonds is 38. The van der Waals surface area contributed by atoms with Gasteiger partial charge in [-0.1, -0.05) is 196 Å². The smallest absolute Gasteiger partial charge is 0.239 e. The van der Waals surface area contributed by atoms with Gasteiger partial charge in [-0.05, 0) is 214 Å². The molecule has 4 aliphatic carbocycles. The number of H-pyrrole nitrogens is 2. The summed E-state index contributed by atoms with van der Waals surface area (Å²) in [4.78, 5) is 18.3. The van der Waals surface area contributed by atoms with E-state index in [1.165, 1.54) is 69.0 Å². The van der Waals surface area contributed by atoms with Crippen LogP contribution in [0.3, 0.4) is 0 Å². The summed E-state index contributed by atoms with van der Waals surface area (Å²) in [5.41, 5.74) is 38.0. The van der Waals surface area contributed by atoms with Crippen LogP contribution in [0.4, 0.5) is 0 Å². The van der Waals surface area contributed by atoms with Crippen LogP contribution in [-0.4, -0.2) is 176 Å². The molecule has 0 radical (unpaired) electrons. The molecule has 0 aliphatic heterocycles. The van der Waals surface area contributed by atoms with Gasteiger partial charge in [-0.2, -0.15) is 15.4 Å². The number of aliphatic hydroxyl groups is 2. The van der Waals surface area contributed by atoms with Crippen LogP contribution in [0.15, 0.2) is 91.8 Å². The fourth-order valence-electron chi connectivity index (χ4n) is 11.4. The zero-order chi connectivity index (χ0) is 86.9. The summed E-state index contributed by atoms with van der Waals surface area (Å²) in [6.07, 6.45) is 24.6. The number of carbonyl (C=O) groups excluding carboxylic acids is 1. The monoisotopic (exact) mass is 1620 g/mol. The topological polar surface area (TPSA) is 371 Å². The van der Waals surface area contributed by atoms with Crippen molar-refractivity contribution in [1.82, 2.24) is 45.9 Å². The molecule has 3 aromatic heterocycles. The third-order valence-corrected chi connectivity index (χ3v) is 18.0. The highest BCUT2D eigenvalue weighted by molar-refractivity contribution is 5.75. The van der Waals surface area contributed by atoms with Crippen molar-refractivity contribution in [3.05, 3.63) is 114 Å². The number of carbonyl (C=O) groups is 1. The number of benzene rings is 2. The number of nitrogens with zero attached hydrogens (tertiary/aromatic N) is 4. The molecule has 1 spiro atoms. The lowest BCUT2D eigenvalue weighted by Crippen LogP contribution is -2.55. The Morgan fingerprint density at radius 2 is 1.14 bits per heavy atom. The first-order valence-corrected chi connectivity index (χ1v) is 43.9. The summed E-state index contributed by atoms with van der Waals surface area (Å²) < 4.78 is 29.5. The van der Waals surface area contributed by atoms with Gasteiger partial charge in [-0.25, -0.2) is 4.98 Å². The Balaban J connectivity index is 0. The maximum Gasteiger partial charge on any atom is 0.239 e. The summed E-state index contributed by atoms with van der Waals surface area (Å²) in [5.74, 6) is 11.0. The molecule has 5 aromatic rings. The number of aromatic nitrogens is 6. The molecule has 0 bridgehead atoms. The molecule has 1 unspecified atom stereocenters. The van der Waals surface area contributed by atoms with Crippen molar-refractivity contribution in [2.75, 3.05) is 105 Å². The number of aromatic amines is 2. The third-order valence-electron chi connectivity index (χ3n) is 18.0. The van der Waals surface area contributed by atoms with Gasteiger partial charge in [0.25, 0.3) is 0 Å². The highest BCUT2D eigenvalue weighted by Gasteiger charge is 2.52. The highest BCUT2D eigenvalue weighted by Crippen LogP contribution is 2.56. The Morgan fingerprint density at radius 1 is 0.591 bits per heavy atom. The predicted molar refractivity (Wildman–Crippen MR) is 483 cm³/mol. The number of aliphatic hydroxyl groups excluding tert-OH is 2. The van der Waals surface area contributed by atoms with Crippen LogP contribution in [0.2, 0.25) is 0 Å². The van der Waals surface area contributed by atoms with Gasteiger partial charge in [0.1, 0.15) is 18.0 Å². The van der Waals surface area contributed by atoms with E-state index in [1.807, 2.05) is 71.7 Å². The zero-order valence-corrected chi connectivity index (χ0v) is 76.8. The highest BCUT2D eigenvalue weighted by atomic mass is 16.5. The van der Waals surface area contributed by atoms with Gasteiger partial charge in [0, 0.05) is 89.4 Å². The number of nitrogens with two attached hydrogens (primary N) is 6. The molecule has 0 saturated heterocycles. The Labute approximate surface area is 701 Å². The number of hydrogen-bond acceptors (Lipinski definition) is 19. The van der Waals surface area contributed by atoms with Crippen molar-refractivity contribution in [3.8, 4) is 11.5 Å². The SMILES string of the molecule is CC(C)C1CCC1.CC(C)CNC(=O)Cn1cccc1.CC(C)CNCCN.CC(C)CNCCO.CC(C)COC1CC(CN)C1.CC(C)COC1CC2(CC(N)C2)C1.CC(C)COCC(O)CN.CC(C)COc1ccc(CCN)cc1.CC(C)COc1cccc(CN)c1.CC(C)Cc1cn[nH]n1.CC(C)Cc1cnc[nH]1. The van der Waals surface area contributed by atoms with Gasteiger partial charge in [0.05, 0.1) is 63.0 Å². The first-order valence-electron chi connectivity index (χ1n) is 43.9. The van der Waals surface area contributed by atoms with Gasteiger partial charge in [0.15, 0.2) is 0 Å². The van der Waals surface area contributed by atoms with Crippen molar-refractivity contribution in [1.29, 1.82) is 0 Å². The lowest BCUT2D eigenvalue weighted by molar-refractivity contribution is -0.128. The van der Waals surface area contributed by atoms with Gasteiger partial charge in [-0.15, -0.1) is 0 Å². The number of ether oxygens (including phenoxy) is 5. The van der Waals surface area contributed by atoms with Crippen LogP contribution in [0.5, 0.6) is 11.5 Å². The Hall–Kier alpha value is -5.38. The number of imidazole rings is 1. The molecule has 1 amide bonds. The fourth-order valence-corrected chi connectivity index (χ4v) is 11.4. The van der Waals surface area contributed by atoms with E-state index in [9.17, 15) is 4.79 Å². The second-order valence-electron chi connectivity index (χ2n) is 36.0. The van der Waals surface area contributed by atoms with E-state index >= 15 is 0 Å². The van der Waals surface area contributed by atoms with Crippen molar-refractivity contribution >= 4 is 5.91 Å².